The third-order valence-electron chi connectivity index (χ3n) is 3.27. The molecule has 2 aromatic carbocycles. The minimum absolute atomic E-state index is 0.290. The zero-order chi connectivity index (χ0) is 16.2. The van der Waals surface area contributed by atoms with Crippen LogP contribution in [0, 0.1) is 4.77 Å². The normalized spacial score (nSPS) is 10.3. The van der Waals surface area contributed by atoms with Crippen LogP contribution < -0.4 is 10.2 Å². The lowest BCUT2D eigenvalue weighted by Crippen LogP contribution is -2.23. The van der Waals surface area contributed by atoms with E-state index < -0.39 is 0 Å². The quantitative estimate of drug-likeness (QED) is 0.723. The maximum absolute atomic E-state index is 12.4. The third-order valence-corrected chi connectivity index (χ3v) is 3.54. The number of carbonyl (C=O) groups excluding carboxylic acids is 1. The summed E-state index contributed by atoms with van der Waals surface area (Å²) in [5, 5.41) is 6.86. The van der Waals surface area contributed by atoms with Crippen LogP contribution in [-0.4, -0.2) is 27.9 Å². The Bertz CT molecular complexity index is 869. The fraction of sp³-hybridized carbons (Fsp3) is 0.0625. The molecule has 0 aliphatic rings. The van der Waals surface area contributed by atoms with Gasteiger partial charge in [-0.15, -0.1) is 0 Å². The number of amides is 1. The standard InChI is InChI=1S/C16H14N4O2S/c1-22-13-9-7-12(8-10-13)15(21)19-20-14(17-18-16(20)23)11-5-3-2-4-6-11/h2-10H,1H3,(H,18,23)(H,19,21). The first-order valence-corrected chi connectivity index (χ1v) is 7.28. The van der Waals surface area contributed by atoms with E-state index in [0.29, 0.717) is 21.9 Å². The van der Waals surface area contributed by atoms with Crippen LogP contribution in [0.25, 0.3) is 11.4 Å². The van der Waals surface area contributed by atoms with Gasteiger partial charge in [0, 0.05) is 11.1 Å². The van der Waals surface area contributed by atoms with E-state index in [-0.39, 0.29) is 5.91 Å². The lowest BCUT2D eigenvalue weighted by molar-refractivity contribution is 0.101. The molecule has 0 atom stereocenters. The third kappa shape index (κ3) is 3.14. The summed E-state index contributed by atoms with van der Waals surface area (Å²) in [6.45, 7) is 0. The second-order valence-electron chi connectivity index (χ2n) is 4.72. The van der Waals surface area contributed by atoms with Crippen molar-refractivity contribution in [1.82, 2.24) is 14.9 Å². The average Bonchev–Trinajstić information content (AvgIpc) is 2.96. The molecular formula is C16H14N4O2S. The van der Waals surface area contributed by atoms with Gasteiger partial charge in [0.15, 0.2) is 5.82 Å². The number of hydrogen-bond donors (Lipinski definition) is 2. The highest BCUT2D eigenvalue weighted by Crippen LogP contribution is 2.16. The number of rotatable bonds is 4. The van der Waals surface area contributed by atoms with Crippen molar-refractivity contribution < 1.29 is 9.53 Å². The van der Waals surface area contributed by atoms with Crippen molar-refractivity contribution in [3.63, 3.8) is 0 Å². The molecule has 0 spiro atoms. The van der Waals surface area contributed by atoms with Gasteiger partial charge in [0.1, 0.15) is 5.75 Å². The molecule has 1 heterocycles. The second-order valence-corrected chi connectivity index (χ2v) is 5.11. The van der Waals surface area contributed by atoms with E-state index in [1.54, 1.807) is 31.4 Å². The van der Waals surface area contributed by atoms with Gasteiger partial charge >= 0.3 is 0 Å². The number of ether oxygens (including phenoxy) is 1. The Morgan fingerprint density at radius 3 is 2.52 bits per heavy atom. The maximum Gasteiger partial charge on any atom is 0.270 e. The van der Waals surface area contributed by atoms with E-state index >= 15 is 0 Å². The first-order chi connectivity index (χ1) is 11.2. The summed E-state index contributed by atoms with van der Waals surface area (Å²) in [6.07, 6.45) is 0. The van der Waals surface area contributed by atoms with Gasteiger partial charge in [0.05, 0.1) is 7.11 Å². The topological polar surface area (TPSA) is 71.9 Å². The molecule has 3 aromatic rings. The van der Waals surface area contributed by atoms with Crippen LogP contribution in [0.3, 0.4) is 0 Å². The number of hydrogen-bond acceptors (Lipinski definition) is 4. The van der Waals surface area contributed by atoms with Crippen LogP contribution in [0.4, 0.5) is 0 Å². The molecule has 6 nitrogen and oxygen atoms in total. The average molecular weight is 326 g/mol. The van der Waals surface area contributed by atoms with Crippen molar-refractivity contribution in [3.8, 4) is 17.1 Å². The Morgan fingerprint density at radius 2 is 1.87 bits per heavy atom. The van der Waals surface area contributed by atoms with Gasteiger partial charge in [0.2, 0.25) is 4.77 Å². The highest BCUT2D eigenvalue weighted by molar-refractivity contribution is 7.71. The second kappa shape index (κ2) is 6.45. The molecule has 0 saturated heterocycles. The first kappa shape index (κ1) is 15.0. The predicted octanol–water partition coefficient (Wildman–Crippen LogP) is 3.00. The summed E-state index contributed by atoms with van der Waals surface area (Å²) in [6, 6.07) is 16.3. The summed E-state index contributed by atoms with van der Waals surface area (Å²) in [5.74, 6) is 0.936. The predicted molar refractivity (Wildman–Crippen MR) is 89.5 cm³/mol. The summed E-state index contributed by atoms with van der Waals surface area (Å²) < 4.78 is 6.85. The Morgan fingerprint density at radius 1 is 1.17 bits per heavy atom. The summed E-state index contributed by atoms with van der Waals surface area (Å²) in [4.78, 5) is 12.4. The molecule has 3 rings (SSSR count). The molecule has 0 radical (unpaired) electrons. The van der Waals surface area contributed by atoms with Gasteiger partial charge in [-0.3, -0.25) is 10.2 Å². The van der Waals surface area contributed by atoms with E-state index in [1.807, 2.05) is 30.3 Å². The summed E-state index contributed by atoms with van der Waals surface area (Å²) in [7, 11) is 1.58. The first-order valence-electron chi connectivity index (χ1n) is 6.87. The fourth-order valence-electron chi connectivity index (χ4n) is 2.09. The molecule has 0 fully saturated rings. The van der Waals surface area contributed by atoms with Gasteiger partial charge in [-0.05, 0) is 36.5 Å². The smallest absolute Gasteiger partial charge is 0.270 e. The fourth-order valence-corrected chi connectivity index (χ4v) is 2.27. The number of aromatic amines is 1. The molecule has 0 unspecified atom stereocenters. The zero-order valence-corrected chi connectivity index (χ0v) is 13.1. The summed E-state index contributed by atoms with van der Waals surface area (Å²) >= 11 is 5.19. The van der Waals surface area contributed by atoms with E-state index in [1.165, 1.54) is 4.68 Å². The minimum Gasteiger partial charge on any atom is -0.497 e. The Balaban J connectivity index is 1.89. The van der Waals surface area contributed by atoms with Crippen molar-refractivity contribution in [1.29, 1.82) is 0 Å². The molecule has 1 amide bonds. The van der Waals surface area contributed by atoms with E-state index in [4.69, 9.17) is 17.0 Å². The van der Waals surface area contributed by atoms with Crippen molar-refractivity contribution in [2.75, 3.05) is 12.5 Å². The molecule has 0 saturated carbocycles. The maximum atomic E-state index is 12.4. The lowest BCUT2D eigenvalue weighted by Gasteiger charge is -2.09. The largest absolute Gasteiger partial charge is 0.497 e. The highest BCUT2D eigenvalue weighted by atomic mass is 32.1. The van der Waals surface area contributed by atoms with Crippen LogP contribution >= 0.6 is 12.2 Å². The van der Waals surface area contributed by atoms with Gasteiger partial charge < -0.3 is 4.74 Å². The molecule has 116 valence electrons. The number of benzene rings is 2. The number of nitrogens with zero attached hydrogens (tertiary/aromatic N) is 2. The number of methoxy groups -OCH3 is 1. The Hall–Kier alpha value is -2.93. The van der Waals surface area contributed by atoms with Crippen LogP contribution in [0.5, 0.6) is 5.75 Å². The van der Waals surface area contributed by atoms with Crippen LogP contribution in [-0.2, 0) is 0 Å². The van der Waals surface area contributed by atoms with Gasteiger partial charge in [-0.2, -0.15) is 5.10 Å². The SMILES string of the molecule is COc1ccc(C(=O)Nn2c(-c3ccccc3)n[nH]c2=S)cc1. The zero-order valence-electron chi connectivity index (χ0n) is 12.3. The van der Waals surface area contributed by atoms with E-state index in [9.17, 15) is 4.79 Å². The van der Waals surface area contributed by atoms with Crippen LogP contribution in [0.1, 0.15) is 10.4 Å². The highest BCUT2D eigenvalue weighted by Gasteiger charge is 2.12. The summed E-state index contributed by atoms with van der Waals surface area (Å²) in [5.41, 5.74) is 4.09. The molecule has 1 aromatic heterocycles. The number of carbonyl (C=O) groups is 1. The van der Waals surface area contributed by atoms with Crippen LogP contribution in [0.2, 0.25) is 0 Å². The lowest BCUT2D eigenvalue weighted by atomic mass is 10.2. The van der Waals surface area contributed by atoms with Crippen molar-refractivity contribution in [2.45, 2.75) is 0 Å². The number of H-pyrrole nitrogens is 1. The molecule has 0 bridgehead atoms. The van der Waals surface area contributed by atoms with Gasteiger partial charge in [-0.1, -0.05) is 30.3 Å². The monoisotopic (exact) mass is 326 g/mol. The molecule has 0 aliphatic carbocycles. The number of nitrogens with one attached hydrogen (secondary N) is 2. The van der Waals surface area contributed by atoms with Crippen molar-refractivity contribution in [2.24, 2.45) is 0 Å². The molecule has 7 heteroatoms. The van der Waals surface area contributed by atoms with Gasteiger partial charge in [0.25, 0.3) is 5.91 Å². The van der Waals surface area contributed by atoms with E-state index in [0.717, 1.165) is 5.56 Å². The van der Waals surface area contributed by atoms with E-state index in [2.05, 4.69) is 15.6 Å². The van der Waals surface area contributed by atoms with Crippen molar-refractivity contribution >= 4 is 18.1 Å². The molecular weight excluding hydrogens is 312 g/mol. The van der Waals surface area contributed by atoms with Crippen molar-refractivity contribution in [3.05, 3.63) is 64.9 Å². The Kier molecular flexibility index (Phi) is 4.20. The molecule has 0 aliphatic heterocycles. The van der Waals surface area contributed by atoms with Crippen LogP contribution in [0.15, 0.2) is 54.6 Å². The van der Waals surface area contributed by atoms with Gasteiger partial charge in [-0.25, -0.2) is 9.77 Å². The molecule has 2 N–H and O–H groups in total. The Labute approximate surface area is 137 Å². The minimum atomic E-state index is -0.290. The number of aromatic nitrogens is 3. The molecule has 23 heavy (non-hydrogen) atoms.